The topological polar surface area (TPSA) is 88.2 Å². The summed E-state index contributed by atoms with van der Waals surface area (Å²) in [5.74, 6) is 0.874. The first kappa shape index (κ1) is 23.6. The number of carbonyl (C=O) groups excluding carboxylic acids is 1. The van der Waals surface area contributed by atoms with Crippen LogP contribution in [0.4, 0.5) is 5.69 Å². The molecule has 0 atom stereocenters. The van der Waals surface area contributed by atoms with E-state index in [0.717, 1.165) is 72.8 Å². The summed E-state index contributed by atoms with van der Waals surface area (Å²) in [7, 11) is 0. The number of nitrogens with zero attached hydrogens (tertiary/aromatic N) is 1. The van der Waals surface area contributed by atoms with Gasteiger partial charge in [-0.2, -0.15) is 0 Å². The third kappa shape index (κ3) is 4.67. The molecule has 1 heterocycles. The molecule has 5 rings (SSSR count). The number of ketones is 1. The zero-order chi connectivity index (χ0) is 23.8. The molecule has 2 aliphatic carbocycles. The van der Waals surface area contributed by atoms with Gasteiger partial charge in [-0.15, -0.1) is 0 Å². The molecule has 5 nitrogen and oxygen atoms in total. The first-order valence-electron chi connectivity index (χ1n) is 12.0. The Morgan fingerprint density at radius 3 is 2.35 bits per heavy atom. The van der Waals surface area contributed by atoms with Gasteiger partial charge in [0.15, 0.2) is 5.78 Å². The number of carbonyl (C=O) groups is 1. The van der Waals surface area contributed by atoms with Gasteiger partial charge in [0.1, 0.15) is 0 Å². The summed E-state index contributed by atoms with van der Waals surface area (Å²) in [6.45, 7) is 0.520. The fraction of sp³-hybridized carbons (Fsp3) is 0.407. The summed E-state index contributed by atoms with van der Waals surface area (Å²) in [6, 6.07) is 9.93. The molecule has 34 heavy (non-hydrogen) atoms. The highest BCUT2D eigenvalue weighted by Gasteiger charge is 2.33. The second kappa shape index (κ2) is 9.82. The lowest BCUT2D eigenvalue weighted by molar-refractivity contribution is 0.0968. The fourth-order valence-corrected chi connectivity index (χ4v) is 5.55. The lowest BCUT2D eigenvalue weighted by Gasteiger charge is -2.30. The van der Waals surface area contributed by atoms with Crippen LogP contribution in [-0.2, 0) is 6.61 Å². The molecule has 4 N–H and O–H groups in total. The number of nitrogens with two attached hydrogens (primary N) is 1. The number of pyridine rings is 1. The van der Waals surface area contributed by atoms with Crippen molar-refractivity contribution in [1.82, 2.24) is 4.98 Å². The van der Waals surface area contributed by atoms with Gasteiger partial charge in [-0.25, -0.2) is 0 Å². The van der Waals surface area contributed by atoms with E-state index in [1.165, 1.54) is 0 Å². The molecule has 178 valence electrons. The minimum Gasteiger partial charge on any atom is -0.392 e. The van der Waals surface area contributed by atoms with Crippen LogP contribution in [0.2, 0.25) is 10.0 Å². The van der Waals surface area contributed by atoms with Crippen molar-refractivity contribution in [2.75, 3.05) is 11.9 Å². The molecule has 2 aromatic carbocycles. The van der Waals surface area contributed by atoms with Crippen LogP contribution < -0.4 is 11.1 Å². The zero-order valence-corrected chi connectivity index (χ0v) is 20.5. The van der Waals surface area contributed by atoms with Crippen molar-refractivity contribution in [1.29, 1.82) is 0 Å². The number of fused-ring (bicyclic) bond motifs is 1. The minimum atomic E-state index is -0.216. The van der Waals surface area contributed by atoms with Gasteiger partial charge >= 0.3 is 0 Å². The first-order chi connectivity index (χ1) is 16.5. The van der Waals surface area contributed by atoms with Crippen molar-refractivity contribution in [2.24, 2.45) is 17.6 Å². The molecular formula is C27H29Cl2N3O2. The number of anilines is 1. The van der Waals surface area contributed by atoms with Gasteiger partial charge in [-0.05, 0) is 86.4 Å². The van der Waals surface area contributed by atoms with Gasteiger partial charge in [-0.3, -0.25) is 9.78 Å². The summed E-state index contributed by atoms with van der Waals surface area (Å²) in [4.78, 5) is 17.8. The van der Waals surface area contributed by atoms with Gasteiger partial charge < -0.3 is 16.2 Å². The van der Waals surface area contributed by atoms with Gasteiger partial charge in [-0.1, -0.05) is 29.3 Å². The molecule has 0 spiro atoms. The number of benzene rings is 2. The molecule has 0 bridgehead atoms. The van der Waals surface area contributed by atoms with Crippen LogP contribution in [-0.4, -0.2) is 28.5 Å². The number of hydrogen-bond donors (Lipinski definition) is 3. The summed E-state index contributed by atoms with van der Waals surface area (Å²) in [6.07, 6.45) is 7.91. The molecule has 0 amide bonds. The fourth-order valence-electron chi connectivity index (χ4n) is 4.95. The van der Waals surface area contributed by atoms with Crippen LogP contribution in [0.5, 0.6) is 0 Å². The average molecular weight is 498 g/mol. The highest BCUT2D eigenvalue weighted by Crippen LogP contribution is 2.39. The maximum Gasteiger partial charge on any atom is 0.169 e. The normalized spacial score (nSPS) is 20.5. The third-order valence-corrected chi connectivity index (χ3v) is 7.92. The Kier molecular flexibility index (Phi) is 6.81. The number of aliphatic hydroxyl groups excluding tert-OH is 1. The number of halogens is 2. The van der Waals surface area contributed by atoms with Crippen molar-refractivity contribution in [3.05, 3.63) is 57.7 Å². The standard InChI is InChI=1S/C27H29Cl2N3O2/c28-23-10-18(11-24(29)22(23)14-33)17-5-8-25-20(9-17)26(21(13-31-25)27(34)16-3-4-16)32-19-6-1-15(12-30)2-7-19/h5,8-11,13,15-16,19,33H,1-4,6-7,12,14,30H2,(H,31,32). The predicted molar refractivity (Wildman–Crippen MR) is 139 cm³/mol. The summed E-state index contributed by atoms with van der Waals surface area (Å²) < 4.78 is 0. The Hall–Kier alpha value is -2.18. The van der Waals surface area contributed by atoms with E-state index in [4.69, 9.17) is 28.9 Å². The smallest absolute Gasteiger partial charge is 0.169 e. The summed E-state index contributed by atoms with van der Waals surface area (Å²) in [5, 5.41) is 15.0. The van der Waals surface area contributed by atoms with E-state index in [1.54, 1.807) is 6.20 Å². The Morgan fingerprint density at radius 2 is 1.74 bits per heavy atom. The second-order valence-electron chi connectivity index (χ2n) is 9.59. The quantitative estimate of drug-likeness (QED) is 0.337. The molecule has 0 saturated heterocycles. The third-order valence-electron chi connectivity index (χ3n) is 7.24. The van der Waals surface area contributed by atoms with Crippen LogP contribution in [0.1, 0.15) is 54.4 Å². The van der Waals surface area contributed by atoms with E-state index in [9.17, 15) is 9.90 Å². The molecule has 0 radical (unpaired) electrons. The minimum absolute atomic E-state index is 0.111. The number of aliphatic hydroxyl groups is 1. The van der Waals surface area contributed by atoms with E-state index in [-0.39, 0.29) is 18.3 Å². The van der Waals surface area contributed by atoms with Crippen LogP contribution >= 0.6 is 23.2 Å². The van der Waals surface area contributed by atoms with Crippen molar-refractivity contribution in [3.8, 4) is 11.1 Å². The number of Topliss-reactive ketones (excluding diaryl/α,β-unsaturated/α-hetero) is 1. The lowest BCUT2D eigenvalue weighted by Crippen LogP contribution is -2.29. The van der Waals surface area contributed by atoms with E-state index in [1.807, 2.05) is 24.3 Å². The van der Waals surface area contributed by atoms with Gasteiger partial charge in [0.2, 0.25) is 0 Å². The highest BCUT2D eigenvalue weighted by molar-refractivity contribution is 6.36. The van der Waals surface area contributed by atoms with Crippen LogP contribution in [0.15, 0.2) is 36.5 Å². The number of nitrogens with one attached hydrogen (secondary N) is 1. The Morgan fingerprint density at radius 1 is 1.03 bits per heavy atom. The van der Waals surface area contributed by atoms with Crippen LogP contribution in [0.25, 0.3) is 22.0 Å². The lowest BCUT2D eigenvalue weighted by atomic mass is 9.85. The van der Waals surface area contributed by atoms with Gasteiger partial charge in [0.25, 0.3) is 0 Å². The molecule has 2 saturated carbocycles. The van der Waals surface area contributed by atoms with Crippen molar-refractivity contribution in [3.63, 3.8) is 0 Å². The number of rotatable bonds is 7. The monoisotopic (exact) mass is 497 g/mol. The Labute approximate surface area is 209 Å². The molecule has 2 aliphatic rings. The Bertz CT molecular complexity index is 1210. The van der Waals surface area contributed by atoms with Crippen molar-refractivity contribution in [2.45, 2.75) is 51.2 Å². The summed E-state index contributed by atoms with van der Waals surface area (Å²) >= 11 is 12.7. The van der Waals surface area contributed by atoms with E-state index < -0.39 is 0 Å². The highest BCUT2D eigenvalue weighted by atomic mass is 35.5. The SMILES string of the molecule is NCC1CCC(Nc2c(C(=O)C3CC3)cnc3ccc(-c4cc(Cl)c(CO)c(Cl)c4)cc23)CC1. The molecule has 7 heteroatoms. The Balaban J connectivity index is 1.58. The largest absolute Gasteiger partial charge is 0.392 e. The summed E-state index contributed by atoms with van der Waals surface area (Å²) in [5.41, 5.74) is 10.6. The predicted octanol–water partition coefficient (Wildman–Crippen LogP) is 6.22. The maximum absolute atomic E-state index is 13.2. The molecule has 3 aromatic rings. The first-order valence-corrected chi connectivity index (χ1v) is 12.8. The molecule has 1 aromatic heterocycles. The van der Waals surface area contributed by atoms with Gasteiger partial charge in [0.05, 0.1) is 23.4 Å². The zero-order valence-electron chi connectivity index (χ0n) is 19.0. The van der Waals surface area contributed by atoms with Crippen molar-refractivity contribution >= 4 is 45.6 Å². The van der Waals surface area contributed by atoms with E-state index in [2.05, 4.69) is 16.4 Å². The molecule has 0 aliphatic heterocycles. The number of hydrogen-bond acceptors (Lipinski definition) is 5. The van der Waals surface area contributed by atoms with Crippen molar-refractivity contribution < 1.29 is 9.90 Å². The van der Waals surface area contributed by atoms with Gasteiger partial charge in [0, 0.05) is 39.2 Å². The molecule has 2 fully saturated rings. The average Bonchev–Trinajstić information content (AvgIpc) is 3.69. The van der Waals surface area contributed by atoms with Crippen LogP contribution in [0.3, 0.4) is 0 Å². The maximum atomic E-state index is 13.2. The van der Waals surface area contributed by atoms with E-state index >= 15 is 0 Å². The van der Waals surface area contributed by atoms with Crippen LogP contribution in [0, 0.1) is 11.8 Å². The molecular weight excluding hydrogens is 469 g/mol. The molecule has 0 unspecified atom stereocenters. The second-order valence-corrected chi connectivity index (χ2v) is 10.4. The van der Waals surface area contributed by atoms with E-state index in [0.29, 0.717) is 33.1 Å². The number of aromatic nitrogens is 1.